The topological polar surface area (TPSA) is 59.7 Å². The summed E-state index contributed by atoms with van der Waals surface area (Å²) in [5, 5.41) is 0.594. The maximum Gasteiger partial charge on any atom is 0.331 e. The van der Waals surface area contributed by atoms with Crippen LogP contribution in [0.25, 0.3) is 10.9 Å². The molecule has 164 valence electrons. The van der Waals surface area contributed by atoms with E-state index in [0.717, 1.165) is 37.6 Å². The molecule has 0 N–H and O–H groups in total. The Balaban J connectivity index is 1.50. The van der Waals surface area contributed by atoms with E-state index in [9.17, 15) is 9.59 Å². The first-order chi connectivity index (χ1) is 15.0. The number of fused-ring (bicyclic) bond motifs is 1. The summed E-state index contributed by atoms with van der Waals surface area (Å²) in [5.74, 6) is 0.882. The van der Waals surface area contributed by atoms with E-state index in [1.54, 1.807) is 17.7 Å². The van der Waals surface area contributed by atoms with Gasteiger partial charge in [0.15, 0.2) is 0 Å². The summed E-state index contributed by atoms with van der Waals surface area (Å²) in [6.45, 7) is 8.51. The van der Waals surface area contributed by atoms with Gasteiger partial charge in [-0.05, 0) is 38.1 Å². The van der Waals surface area contributed by atoms with Crippen LogP contribution in [0.2, 0.25) is 0 Å². The SMILES string of the molecule is COc1ccccc1N1CCN(CCn2c(=O)c3ccccc3n(C(C)C)c2=O)CC1. The number of hydrogen-bond donors (Lipinski definition) is 0. The van der Waals surface area contributed by atoms with Gasteiger partial charge in [0.25, 0.3) is 5.56 Å². The molecule has 0 spiro atoms. The van der Waals surface area contributed by atoms with Crippen LogP contribution in [0, 0.1) is 0 Å². The number of benzene rings is 2. The second-order valence-corrected chi connectivity index (χ2v) is 8.22. The van der Waals surface area contributed by atoms with Gasteiger partial charge in [0.05, 0.1) is 23.7 Å². The molecule has 0 radical (unpaired) electrons. The van der Waals surface area contributed by atoms with Crippen LogP contribution in [0.3, 0.4) is 0 Å². The number of para-hydroxylation sites is 3. The quantitative estimate of drug-likeness (QED) is 0.611. The molecule has 31 heavy (non-hydrogen) atoms. The van der Waals surface area contributed by atoms with Crippen molar-refractivity contribution in [1.29, 1.82) is 0 Å². The average molecular weight is 423 g/mol. The number of piperazine rings is 1. The molecular formula is C24H30N4O3. The monoisotopic (exact) mass is 422 g/mol. The van der Waals surface area contributed by atoms with Gasteiger partial charge in [-0.2, -0.15) is 0 Å². The second-order valence-electron chi connectivity index (χ2n) is 8.22. The van der Waals surface area contributed by atoms with E-state index in [-0.39, 0.29) is 17.3 Å². The first-order valence-electron chi connectivity index (χ1n) is 10.9. The van der Waals surface area contributed by atoms with Crippen LogP contribution in [0.15, 0.2) is 58.1 Å². The van der Waals surface area contributed by atoms with Gasteiger partial charge in [0, 0.05) is 45.3 Å². The molecular weight excluding hydrogens is 392 g/mol. The molecule has 0 amide bonds. The molecule has 0 aliphatic carbocycles. The summed E-state index contributed by atoms with van der Waals surface area (Å²) >= 11 is 0. The largest absolute Gasteiger partial charge is 0.495 e. The molecule has 2 heterocycles. The Morgan fingerprint density at radius 1 is 0.903 bits per heavy atom. The van der Waals surface area contributed by atoms with Crippen molar-refractivity contribution in [3.8, 4) is 5.75 Å². The number of hydrogen-bond acceptors (Lipinski definition) is 5. The molecule has 4 rings (SSSR count). The fourth-order valence-corrected chi connectivity index (χ4v) is 4.37. The van der Waals surface area contributed by atoms with Gasteiger partial charge in [0.2, 0.25) is 0 Å². The molecule has 3 aromatic rings. The van der Waals surface area contributed by atoms with Crippen LogP contribution in [-0.4, -0.2) is 53.9 Å². The van der Waals surface area contributed by atoms with Gasteiger partial charge in [-0.1, -0.05) is 24.3 Å². The molecule has 7 heteroatoms. The maximum absolute atomic E-state index is 13.1. The van der Waals surface area contributed by atoms with Gasteiger partial charge < -0.3 is 9.64 Å². The third-order valence-corrected chi connectivity index (χ3v) is 6.03. The van der Waals surface area contributed by atoms with E-state index in [4.69, 9.17) is 4.74 Å². The van der Waals surface area contributed by atoms with Crippen LogP contribution < -0.4 is 20.9 Å². The van der Waals surface area contributed by atoms with Crippen LogP contribution in [0.1, 0.15) is 19.9 Å². The summed E-state index contributed by atoms with van der Waals surface area (Å²) in [5.41, 5.74) is 1.38. The molecule has 1 aliphatic heterocycles. The summed E-state index contributed by atoms with van der Waals surface area (Å²) in [7, 11) is 1.69. The van der Waals surface area contributed by atoms with E-state index in [0.29, 0.717) is 24.0 Å². The Hall–Kier alpha value is -3.06. The maximum atomic E-state index is 13.1. The first-order valence-corrected chi connectivity index (χ1v) is 10.9. The molecule has 0 atom stereocenters. The molecule has 0 unspecified atom stereocenters. The van der Waals surface area contributed by atoms with Crippen LogP contribution >= 0.6 is 0 Å². The fourth-order valence-electron chi connectivity index (χ4n) is 4.37. The van der Waals surface area contributed by atoms with Gasteiger partial charge in [-0.15, -0.1) is 0 Å². The van der Waals surface area contributed by atoms with E-state index in [1.165, 1.54) is 4.57 Å². The van der Waals surface area contributed by atoms with Gasteiger partial charge in [0.1, 0.15) is 5.75 Å². The van der Waals surface area contributed by atoms with E-state index >= 15 is 0 Å². The van der Waals surface area contributed by atoms with Crippen molar-refractivity contribution in [3.63, 3.8) is 0 Å². The lowest BCUT2D eigenvalue weighted by Crippen LogP contribution is -2.49. The lowest BCUT2D eigenvalue weighted by molar-refractivity contribution is 0.244. The van der Waals surface area contributed by atoms with Gasteiger partial charge >= 0.3 is 5.69 Å². The number of aromatic nitrogens is 2. The Bertz CT molecular complexity index is 1170. The smallest absolute Gasteiger partial charge is 0.331 e. The van der Waals surface area contributed by atoms with E-state index in [1.807, 2.05) is 50.2 Å². The minimum absolute atomic E-state index is 0.0198. The molecule has 1 aliphatic rings. The third-order valence-electron chi connectivity index (χ3n) is 6.03. The molecule has 7 nitrogen and oxygen atoms in total. The average Bonchev–Trinajstić information content (AvgIpc) is 2.79. The molecule has 1 fully saturated rings. The van der Waals surface area contributed by atoms with Crippen molar-refractivity contribution in [2.24, 2.45) is 0 Å². The van der Waals surface area contributed by atoms with Crippen molar-refractivity contribution in [2.45, 2.75) is 26.4 Å². The lowest BCUT2D eigenvalue weighted by Gasteiger charge is -2.36. The van der Waals surface area contributed by atoms with Crippen molar-refractivity contribution >= 4 is 16.6 Å². The van der Waals surface area contributed by atoms with E-state index in [2.05, 4.69) is 15.9 Å². The highest BCUT2D eigenvalue weighted by molar-refractivity contribution is 5.77. The Kier molecular flexibility index (Phi) is 6.13. The highest BCUT2D eigenvalue weighted by Crippen LogP contribution is 2.28. The number of nitrogens with zero attached hydrogens (tertiary/aromatic N) is 4. The highest BCUT2D eigenvalue weighted by Gasteiger charge is 2.20. The molecule has 1 aromatic heterocycles. The molecule has 2 aromatic carbocycles. The predicted octanol–water partition coefficient (Wildman–Crippen LogP) is 2.57. The zero-order valence-electron chi connectivity index (χ0n) is 18.5. The Labute approximate surface area is 182 Å². The summed E-state index contributed by atoms with van der Waals surface area (Å²) < 4.78 is 8.61. The van der Waals surface area contributed by atoms with E-state index < -0.39 is 0 Å². The van der Waals surface area contributed by atoms with Crippen molar-refractivity contribution in [2.75, 3.05) is 44.7 Å². The zero-order chi connectivity index (χ0) is 22.0. The van der Waals surface area contributed by atoms with Crippen molar-refractivity contribution < 1.29 is 4.74 Å². The minimum atomic E-state index is -0.230. The Morgan fingerprint density at radius 2 is 1.58 bits per heavy atom. The predicted molar refractivity (Wildman–Crippen MR) is 125 cm³/mol. The second kappa shape index (κ2) is 8.98. The number of anilines is 1. The number of ether oxygens (including phenoxy) is 1. The van der Waals surface area contributed by atoms with Crippen LogP contribution in [0.5, 0.6) is 5.75 Å². The standard InChI is InChI=1S/C24H30N4O3/c1-18(2)28-20-9-5-4-8-19(20)23(29)27(24(28)30)17-14-25-12-15-26(16-13-25)21-10-6-7-11-22(21)31-3/h4-11,18H,12-17H2,1-3H3. The van der Waals surface area contributed by atoms with Gasteiger partial charge in [-0.25, -0.2) is 4.79 Å². The van der Waals surface area contributed by atoms with Crippen molar-refractivity contribution in [3.05, 3.63) is 69.4 Å². The molecule has 0 saturated carbocycles. The zero-order valence-corrected chi connectivity index (χ0v) is 18.5. The molecule has 0 bridgehead atoms. The van der Waals surface area contributed by atoms with Crippen molar-refractivity contribution in [1.82, 2.24) is 14.0 Å². The summed E-state index contributed by atoms with van der Waals surface area (Å²) in [4.78, 5) is 30.8. The molecule has 1 saturated heterocycles. The fraction of sp³-hybridized carbons (Fsp3) is 0.417. The van der Waals surface area contributed by atoms with Crippen LogP contribution in [0.4, 0.5) is 5.69 Å². The summed E-state index contributed by atoms with van der Waals surface area (Å²) in [6.07, 6.45) is 0. The normalized spacial score (nSPS) is 15.0. The Morgan fingerprint density at radius 3 is 2.29 bits per heavy atom. The lowest BCUT2D eigenvalue weighted by atomic mass is 10.2. The first kappa shape index (κ1) is 21.2. The van der Waals surface area contributed by atoms with Crippen LogP contribution in [-0.2, 0) is 6.54 Å². The number of rotatable bonds is 6. The third kappa shape index (κ3) is 4.10. The summed E-state index contributed by atoms with van der Waals surface area (Å²) in [6, 6.07) is 15.4. The van der Waals surface area contributed by atoms with Gasteiger partial charge in [-0.3, -0.25) is 18.8 Å². The highest BCUT2D eigenvalue weighted by atomic mass is 16.5. The minimum Gasteiger partial charge on any atom is -0.495 e. The number of methoxy groups -OCH3 is 1.